The van der Waals surface area contributed by atoms with E-state index in [2.05, 4.69) is 5.32 Å². The number of ether oxygens (including phenoxy) is 1. The molecule has 0 unspecified atom stereocenters. The van der Waals surface area contributed by atoms with Gasteiger partial charge in [-0.05, 0) is 17.9 Å². The summed E-state index contributed by atoms with van der Waals surface area (Å²) in [5.41, 5.74) is 0.223. The molecule has 1 amide bonds. The van der Waals surface area contributed by atoms with Gasteiger partial charge in [0, 0.05) is 31.4 Å². The first-order valence-corrected chi connectivity index (χ1v) is 6.66. The molecule has 0 atom stereocenters. The van der Waals surface area contributed by atoms with Crippen LogP contribution in [-0.4, -0.2) is 35.7 Å². The topological polar surface area (TPSA) is 75.6 Å². The first-order chi connectivity index (χ1) is 8.55. The fourth-order valence-corrected chi connectivity index (χ4v) is 2.82. The monoisotopic (exact) mass is 269 g/mol. The fourth-order valence-electron chi connectivity index (χ4n) is 1.99. The second-order valence-electron chi connectivity index (χ2n) is 4.42. The first kappa shape index (κ1) is 13.0. The molecule has 1 aliphatic heterocycles. The Balaban J connectivity index is 2.17. The SMILES string of the molecule is Cc1cscc1C(=O)NC1(C(=O)O)CCOCC1. The van der Waals surface area contributed by atoms with Gasteiger partial charge in [0.25, 0.3) is 5.91 Å². The summed E-state index contributed by atoms with van der Waals surface area (Å²) in [6.07, 6.45) is 0.606. The Morgan fingerprint density at radius 2 is 2.06 bits per heavy atom. The van der Waals surface area contributed by atoms with Crippen molar-refractivity contribution in [2.75, 3.05) is 13.2 Å². The molecule has 18 heavy (non-hydrogen) atoms. The number of carboxylic acids is 1. The Labute approximate surface area is 109 Å². The molecule has 5 nitrogen and oxygen atoms in total. The van der Waals surface area contributed by atoms with Gasteiger partial charge in [-0.3, -0.25) is 4.79 Å². The molecule has 2 rings (SSSR count). The number of hydrogen-bond donors (Lipinski definition) is 2. The zero-order valence-corrected chi connectivity index (χ0v) is 10.9. The number of nitrogens with one attached hydrogen (secondary N) is 1. The number of carbonyl (C=O) groups excluding carboxylic acids is 1. The maximum absolute atomic E-state index is 12.1. The summed E-state index contributed by atoms with van der Waals surface area (Å²) in [6.45, 7) is 2.55. The van der Waals surface area contributed by atoms with Crippen molar-refractivity contribution in [1.82, 2.24) is 5.32 Å². The van der Waals surface area contributed by atoms with Crippen LogP contribution in [0.15, 0.2) is 10.8 Å². The molecule has 0 saturated carbocycles. The van der Waals surface area contributed by atoms with Crippen molar-refractivity contribution in [3.63, 3.8) is 0 Å². The summed E-state index contributed by atoms with van der Waals surface area (Å²) in [4.78, 5) is 23.5. The number of hydrogen-bond acceptors (Lipinski definition) is 4. The molecule has 1 aromatic heterocycles. The molecule has 98 valence electrons. The molecule has 0 aromatic carbocycles. The Morgan fingerprint density at radius 1 is 1.39 bits per heavy atom. The van der Waals surface area contributed by atoms with Crippen LogP contribution in [-0.2, 0) is 9.53 Å². The van der Waals surface area contributed by atoms with Crippen molar-refractivity contribution < 1.29 is 19.4 Å². The summed E-state index contributed by atoms with van der Waals surface area (Å²) in [5.74, 6) is -1.31. The van der Waals surface area contributed by atoms with E-state index in [1.54, 1.807) is 5.38 Å². The lowest BCUT2D eigenvalue weighted by atomic mass is 9.89. The van der Waals surface area contributed by atoms with Gasteiger partial charge in [-0.25, -0.2) is 4.79 Å². The van der Waals surface area contributed by atoms with Crippen molar-refractivity contribution in [1.29, 1.82) is 0 Å². The predicted octanol–water partition coefficient (Wildman–Crippen LogP) is 1.42. The van der Waals surface area contributed by atoms with Gasteiger partial charge in [0.2, 0.25) is 0 Å². The molecule has 1 saturated heterocycles. The molecule has 0 aliphatic carbocycles. The van der Waals surface area contributed by atoms with Crippen LogP contribution in [0.25, 0.3) is 0 Å². The molecular weight excluding hydrogens is 254 g/mol. The van der Waals surface area contributed by atoms with Gasteiger partial charge in [0.15, 0.2) is 0 Å². The normalized spacial score (nSPS) is 18.3. The Kier molecular flexibility index (Phi) is 3.68. The lowest BCUT2D eigenvalue weighted by molar-refractivity contribution is -0.148. The maximum atomic E-state index is 12.1. The van der Waals surface area contributed by atoms with Crippen molar-refractivity contribution in [2.45, 2.75) is 25.3 Å². The third-order valence-electron chi connectivity index (χ3n) is 3.21. The quantitative estimate of drug-likeness (QED) is 0.870. The number of aliphatic carboxylic acids is 1. The van der Waals surface area contributed by atoms with Gasteiger partial charge in [-0.1, -0.05) is 0 Å². The van der Waals surface area contributed by atoms with Gasteiger partial charge in [-0.2, -0.15) is 11.3 Å². The number of rotatable bonds is 3. The fraction of sp³-hybridized carbons (Fsp3) is 0.500. The average Bonchev–Trinajstić information content (AvgIpc) is 2.76. The zero-order valence-electron chi connectivity index (χ0n) is 10.1. The second-order valence-corrected chi connectivity index (χ2v) is 5.17. The minimum atomic E-state index is -1.19. The number of carbonyl (C=O) groups is 2. The van der Waals surface area contributed by atoms with E-state index in [1.807, 2.05) is 12.3 Å². The minimum absolute atomic E-state index is 0.303. The van der Waals surface area contributed by atoms with Gasteiger partial charge < -0.3 is 15.2 Å². The zero-order chi connectivity index (χ0) is 13.2. The van der Waals surface area contributed by atoms with Crippen LogP contribution in [0, 0.1) is 6.92 Å². The molecule has 0 radical (unpaired) electrons. The highest BCUT2D eigenvalue weighted by Gasteiger charge is 2.41. The van der Waals surface area contributed by atoms with Crippen LogP contribution in [0.2, 0.25) is 0 Å². The van der Waals surface area contributed by atoms with Crippen molar-refractivity contribution >= 4 is 23.2 Å². The van der Waals surface area contributed by atoms with Crippen LogP contribution in [0.1, 0.15) is 28.8 Å². The van der Waals surface area contributed by atoms with E-state index in [0.29, 0.717) is 31.6 Å². The summed E-state index contributed by atoms with van der Waals surface area (Å²) in [5, 5.41) is 15.6. The third-order valence-corrected chi connectivity index (χ3v) is 4.07. The Morgan fingerprint density at radius 3 is 2.56 bits per heavy atom. The molecule has 2 heterocycles. The standard InChI is InChI=1S/C12H15NO4S/c1-8-6-18-7-9(8)10(14)13-12(11(15)16)2-4-17-5-3-12/h6-7H,2-5H2,1H3,(H,13,14)(H,15,16). The lowest BCUT2D eigenvalue weighted by Crippen LogP contribution is -2.57. The van der Waals surface area contributed by atoms with Crippen LogP contribution < -0.4 is 5.32 Å². The first-order valence-electron chi connectivity index (χ1n) is 5.72. The number of amides is 1. The van der Waals surface area contributed by atoms with E-state index in [9.17, 15) is 14.7 Å². The number of carboxylic acid groups (broad SMARTS) is 1. The van der Waals surface area contributed by atoms with Gasteiger partial charge >= 0.3 is 5.97 Å². The van der Waals surface area contributed by atoms with Crippen molar-refractivity contribution in [2.24, 2.45) is 0 Å². The van der Waals surface area contributed by atoms with Crippen LogP contribution in [0.4, 0.5) is 0 Å². The highest BCUT2D eigenvalue weighted by molar-refractivity contribution is 7.08. The largest absolute Gasteiger partial charge is 0.480 e. The van der Waals surface area contributed by atoms with E-state index in [1.165, 1.54) is 11.3 Å². The number of thiophene rings is 1. The van der Waals surface area contributed by atoms with Crippen LogP contribution in [0.3, 0.4) is 0 Å². The minimum Gasteiger partial charge on any atom is -0.480 e. The molecule has 0 spiro atoms. The van der Waals surface area contributed by atoms with Gasteiger partial charge in [-0.15, -0.1) is 0 Å². The van der Waals surface area contributed by atoms with E-state index >= 15 is 0 Å². The lowest BCUT2D eigenvalue weighted by Gasteiger charge is -2.33. The van der Waals surface area contributed by atoms with E-state index in [0.717, 1.165) is 5.56 Å². The summed E-state index contributed by atoms with van der Waals surface area (Å²) < 4.78 is 5.16. The summed E-state index contributed by atoms with van der Waals surface area (Å²) in [7, 11) is 0. The number of aryl methyl sites for hydroxylation is 1. The molecule has 0 bridgehead atoms. The molecule has 2 N–H and O–H groups in total. The smallest absolute Gasteiger partial charge is 0.329 e. The van der Waals surface area contributed by atoms with E-state index < -0.39 is 11.5 Å². The molecular formula is C12H15NO4S. The van der Waals surface area contributed by atoms with Gasteiger partial charge in [0.1, 0.15) is 5.54 Å². The van der Waals surface area contributed by atoms with E-state index in [-0.39, 0.29) is 5.91 Å². The van der Waals surface area contributed by atoms with Crippen LogP contribution >= 0.6 is 11.3 Å². The highest BCUT2D eigenvalue weighted by atomic mass is 32.1. The van der Waals surface area contributed by atoms with E-state index in [4.69, 9.17) is 4.74 Å². The Bertz CT molecular complexity index is 462. The summed E-state index contributed by atoms with van der Waals surface area (Å²) >= 11 is 1.43. The van der Waals surface area contributed by atoms with Crippen molar-refractivity contribution in [3.05, 3.63) is 21.9 Å². The predicted molar refractivity (Wildman–Crippen MR) is 66.9 cm³/mol. The second kappa shape index (κ2) is 5.07. The maximum Gasteiger partial charge on any atom is 0.329 e. The molecule has 1 aliphatic rings. The van der Waals surface area contributed by atoms with Gasteiger partial charge in [0.05, 0.1) is 5.56 Å². The molecule has 6 heteroatoms. The Hall–Kier alpha value is -1.40. The third kappa shape index (κ3) is 2.39. The van der Waals surface area contributed by atoms with Crippen molar-refractivity contribution in [3.8, 4) is 0 Å². The summed E-state index contributed by atoms with van der Waals surface area (Å²) in [6, 6.07) is 0. The molecule has 1 aromatic rings. The highest BCUT2D eigenvalue weighted by Crippen LogP contribution is 2.23. The molecule has 1 fully saturated rings. The average molecular weight is 269 g/mol. The van der Waals surface area contributed by atoms with Crippen LogP contribution in [0.5, 0.6) is 0 Å².